The normalized spacial score (nSPS) is 12.3. The van der Waals surface area contributed by atoms with Crippen molar-refractivity contribution < 1.29 is 4.79 Å². The van der Waals surface area contributed by atoms with Gasteiger partial charge in [-0.15, -0.1) is 0 Å². The van der Waals surface area contributed by atoms with Crippen molar-refractivity contribution >= 4 is 39.1 Å². The molecule has 0 aliphatic rings. The summed E-state index contributed by atoms with van der Waals surface area (Å²) in [5, 5.41) is 4.06. The molecule has 0 aliphatic carbocycles. The minimum absolute atomic E-state index is 0.0580. The van der Waals surface area contributed by atoms with Gasteiger partial charge in [-0.05, 0) is 46.2 Å². The first kappa shape index (κ1) is 18.7. The van der Waals surface area contributed by atoms with Crippen molar-refractivity contribution in [3.8, 4) is 0 Å². The highest BCUT2D eigenvalue weighted by Crippen LogP contribution is 2.35. The topological polar surface area (TPSA) is 32.9 Å². The lowest BCUT2D eigenvalue weighted by molar-refractivity contribution is 0.0978. The molecule has 1 unspecified atom stereocenters. The largest absolute Gasteiger partial charge is 0.361 e. The molecule has 0 fully saturated rings. The number of Topliss-reactive ketones (excluding diaryl/α,β-unsaturated/α-hetero) is 1. The average Bonchev–Trinajstić information content (AvgIpc) is 3.21. The van der Waals surface area contributed by atoms with Gasteiger partial charge in [0, 0.05) is 40.0 Å². The van der Waals surface area contributed by atoms with Crippen LogP contribution in [0.15, 0.2) is 97.2 Å². The molecule has 1 atom stereocenters. The van der Waals surface area contributed by atoms with E-state index in [2.05, 4.69) is 23.2 Å². The summed E-state index contributed by atoms with van der Waals surface area (Å²) in [6, 6.07) is 30.1. The Kier molecular flexibility index (Phi) is 4.86. The summed E-state index contributed by atoms with van der Waals surface area (Å²) in [6.45, 7) is 0. The molecular formula is C27H20ClNO. The van der Waals surface area contributed by atoms with Gasteiger partial charge in [0.25, 0.3) is 0 Å². The third-order valence-corrected chi connectivity index (χ3v) is 5.98. The van der Waals surface area contributed by atoms with Crippen molar-refractivity contribution in [1.29, 1.82) is 0 Å². The Labute approximate surface area is 180 Å². The van der Waals surface area contributed by atoms with Crippen LogP contribution in [-0.4, -0.2) is 10.8 Å². The summed E-state index contributed by atoms with van der Waals surface area (Å²) in [5.41, 5.74) is 4.03. The lowest BCUT2D eigenvalue weighted by atomic mass is 9.85. The number of nitrogens with one attached hydrogen (secondary N) is 1. The first-order chi connectivity index (χ1) is 14.7. The first-order valence-electron chi connectivity index (χ1n) is 10.0. The van der Waals surface area contributed by atoms with E-state index in [4.69, 9.17) is 11.6 Å². The highest BCUT2D eigenvalue weighted by atomic mass is 35.5. The van der Waals surface area contributed by atoms with Crippen LogP contribution in [0.2, 0.25) is 5.02 Å². The Morgan fingerprint density at radius 3 is 2.40 bits per heavy atom. The number of fused-ring (bicyclic) bond motifs is 2. The minimum atomic E-state index is -0.0580. The predicted octanol–water partition coefficient (Wildman–Crippen LogP) is 7.38. The summed E-state index contributed by atoms with van der Waals surface area (Å²) in [7, 11) is 0. The molecule has 1 aromatic heterocycles. The number of carbonyl (C=O) groups is 1. The van der Waals surface area contributed by atoms with E-state index in [1.807, 2.05) is 79.0 Å². The quantitative estimate of drug-likeness (QED) is 0.302. The van der Waals surface area contributed by atoms with Crippen LogP contribution >= 0.6 is 11.6 Å². The lowest BCUT2D eigenvalue weighted by Crippen LogP contribution is -2.09. The van der Waals surface area contributed by atoms with Gasteiger partial charge in [0.2, 0.25) is 0 Å². The SMILES string of the molecule is O=C(CC(c1ccc(Cl)cc1)c1c[nH]c2ccccc12)c1ccc2ccccc2c1. The van der Waals surface area contributed by atoms with E-state index >= 15 is 0 Å². The molecule has 146 valence electrons. The zero-order valence-electron chi connectivity index (χ0n) is 16.3. The van der Waals surface area contributed by atoms with Crippen molar-refractivity contribution in [1.82, 2.24) is 4.98 Å². The predicted molar refractivity (Wildman–Crippen MR) is 124 cm³/mol. The van der Waals surface area contributed by atoms with E-state index in [1.165, 1.54) is 0 Å². The monoisotopic (exact) mass is 409 g/mol. The summed E-state index contributed by atoms with van der Waals surface area (Å²) in [5.74, 6) is 0.0726. The third kappa shape index (κ3) is 3.51. The van der Waals surface area contributed by atoms with Crippen LogP contribution in [0.5, 0.6) is 0 Å². The summed E-state index contributed by atoms with van der Waals surface area (Å²) >= 11 is 6.12. The van der Waals surface area contributed by atoms with Crippen molar-refractivity contribution in [3.63, 3.8) is 0 Å². The molecule has 0 aliphatic heterocycles. The van der Waals surface area contributed by atoms with Gasteiger partial charge in [0.05, 0.1) is 0 Å². The maximum Gasteiger partial charge on any atom is 0.163 e. The fourth-order valence-corrected chi connectivity index (χ4v) is 4.28. The number of hydrogen-bond donors (Lipinski definition) is 1. The van der Waals surface area contributed by atoms with Gasteiger partial charge in [0.15, 0.2) is 5.78 Å². The summed E-state index contributed by atoms with van der Waals surface area (Å²) < 4.78 is 0. The number of para-hydroxylation sites is 1. The molecule has 0 saturated carbocycles. The van der Waals surface area contributed by atoms with Crippen LogP contribution in [0.3, 0.4) is 0 Å². The van der Waals surface area contributed by atoms with Crippen LogP contribution < -0.4 is 0 Å². The van der Waals surface area contributed by atoms with Crippen LogP contribution in [0.25, 0.3) is 21.7 Å². The number of aromatic nitrogens is 1. The first-order valence-corrected chi connectivity index (χ1v) is 10.4. The Morgan fingerprint density at radius 1 is 0.833 bits per heavy atom. The van der Waals surface area contributed by atoms with E-state index in [-0.39, 0.29) is 11.7 Å². The molecule has 5 aromatic rings. The molecule has 1 N–H and O–H groups in total. The Morgan fingerprint density at radius 2 is 1.57 bits per heavy atom. The second-order valence-electron chi connectivity index (χ2n) is 7.58. The van der Waals surface area contributed by atoms with Gasteiger partial charge >= 0.3 is 0 Å². The van der Waals surface area contributed by atoms with Crippen LogP contribution in [-0.2, 0) is 0 Å². The molecule has 1 heterocycles. The Balaban J connectivity index is 1.55. The number of halogens is 1. The molecule has 0 bridgehead atoms. The smallest absolute Gasteiger partial charge is 0.163 e. The lowest BCUT2D eigenvalue weighted by Gasteiger charge is -2.17. The molecular weight excluding hydrogens is 390 g/mol. The highest BCUT2D eigenvalue weighted by Gasteiger charge is 2.22. The van der Waals surface area contributed by atoms with E-state index in [0.717, 1.165) is 38.4 Å². The number of benzene rings is 4. The Bertz CT molecular complexity index is 1350. The molecule has 3 heteroatoms. The number of aromatic amines is 1. The van der Waals surface area contributed by atoms with Crippen LogP contribution in [0.1, 0.15) is 33.8 Å². The van der Waals surface area contributed by atoms with Crippen molar-refractivity contribution in [2.24, 2.45) is 0 Å². The van der Waals surface area contributed by atoms with E-state index < -0.39 is 0 Å². The summed E-state index contributed by atoms with van der Waals surface area (Å²) in [4.78, 5) is 16.7. The third-order valence-electron chi connectivity index (χ3n) is 5.73. The van der Waals surface area contributed by atoms with Crippen LogP contribution in [0.4, 0.5) is 0 Å². The van der Waals surface area contributed by atoms with Crippen LogP contribution in [0, 0.1) is 0 Å². The molecule has 2 nitrogen and oxygen atoms in total. The fourth-order valence-electron chi connectivity index (χ4n) is 4.15. The standard InChI is InChI=1S/C27H20ClNO/c28-22-13-11-19(12-14-22)24(25-17-29-26-8-4-3-7-23(25)26)16-27(30)21-10-9-18-5-1-2-6-20(18)15-21/h1-15,17,24,29H,16H2. The van der Waals surface area contributed by atoms with Crippen molar-refractivity contribution in [3.05, 3.63) is 119 Å². The second kappa shape index (κ2) is 7.81. The van der Waals surface area contributed by atoms with Gasteiger partial charge in [-0.25, -0.2) is 0 Å². The molecule has 30 heavy (non-hydrogen) atoms. The zero-order chi connectivity index (χ0) is 20.5. The maximum absolute atomic E-state index is 13.3. The second-order valence-corrected chi connectivity index (χ2v) is 8.02. The molecule has 0 saturated heterocycles. The van der Waals surface area contributed by atoms with Crippen molar-refractivity contribution in [2.45, 2.75) is 12.3 Å². The summed E-state index contributed by atoms with van der Waals surface area (Å²) in [6.07, 6.45) is 2.42. The Hall–Kier alpha value is -3.36. The number of rotatable bonds is 5. The van der Waals surface area contributed by atoms with E-state index in [0.29, 0.717) is 11.4 Å². The number of H-pyrrole nitrogens is 1. The van der Waals surface area contributed by atoms with Gasteiger partial charge in [0.1, 0.15) is 0 Å². The number of hydrogen-bond acceptors (Lipinski definition) is 1. The molecule has 0 radical (unpaired) electrons. The molecule has 0 spiro atoms. The molecule has 4 aromatic carbocycles. The van der Waals surface area contributed by atoms with Gasteiger partial charge in [-0.3, -0.25) is 4.79 Å². The van der Waals surface area contributed by atoms with Gasteiger partial charge < -0.3 is 4.98 Å². The zero-order valence-corrected chi connectivity index (χ0v) is 17.1. The van der Waals surface area contributed by atoms with Gasteiger partial charge in [-0.2, -0.15) is 0 Å². The number of ketones is 1. The minimum Gasteiger partial charge on any atom is -0.361 e. The van der Waals surface area contributed by atoms with E-state index in [1.54, 1.807) is 0 Å². The average molecular weight is 410 g/mol. The van der Waals surface area contributed by atoms with Crippen molar-refractivity contribution in [2.75, 3.05) is 0 Å². The highest BCUT2D eigenvalue weighted by molar-refractivity contribution is 6.30. The number of carbonyl (C=O) groups excluding carboxylic acids is 1. The van der Waals surface area contributed by atoms with Gasteiger partial charge in [-0.1, -0.05) is 78.3 Å². The fraction of sp³-hybridized carbons (Fsp3) is 0.0741. The molecule has 0 amide bonds. The maximum atomic E-state index is 13.3. The van der Waals surface area contributed by atoms with E-state index in [9.17, 15) is 4.79 Å². The molecule has 5 rings (SSSR count).